The van der Waals surface area contributed by atoms with Crippen molar-refractivity contribution in [2.75, 3.05) is 0 Å². The predicted molar refractivity (Wildman–Crippen MR) is 174 cm³/mol. The van der Waals surface area contributed by atoms with E-state index in [0.29, 0.717) is 5.56 Å². The fourth-order valence-electron chi connectivity index (χ4n) is 5.33. The lowest BCUT2D eigenvalue weighted by molar-refractivity contribution is 0.0735. The molecule has 0 unspecified atom stereocenters. The van der Waals surface area contributed by atoms with Crippen LogP contribution < -0.4 is 9.47 Å². The van der Waals surface area contributed by atoms with E-state index in [0.717, 1.165) is 0 Å². The second-order valence-corrected chi connectivity index (χ2v) is 11.5. The number of carbonyl (C=O) groups is 2. The topological polar surface area (TPSA) is 110 Å². The number of hydrogen-bond donors (Lipinski definition) is 0. The van der Waals surface area contributed by atoms with Crippen LogP contribution in [0.4, 0.5) is 0 Å². The van der Waals surface area contributed by atoms with Gasteiger partial charge in [-0.2, -0.15) is 0 Å². The summed E-state index contributed by atoms with van der Waals surface area (Å²) in [7, 11) is -5.38. The quantitative estimate of drug-likeness (QED) is 0.0957. The fourth-order valence-corrected chi connectivity index (χ4v) is 6.27. The van der Waals surface area contributed by atoms with Gasteiger partial charge in [0.05, 0.1) is 16.0 Å². The smallest absolute Gasteiger partial charge is 0.344 e. The van der Waals surface area contributed by atoms with E-state index < -0.39 is 27.0 Å². The number of benzene rings is 6. The first-order valence-corrected chi connectivity index (χ1v) is 15.6. The van der Waals surface area contributed by atoms with Crippen LogP contribution in [0.2, 0.25) is 0 Å². The van der Waals surface area contributed by atoms with Crippen molar-refractivity contribution in [3.05, 3.63) is 163 Å². The lowest BCUT2D eigenvalue weighted by Gasteiger charge is -2.27. The molecule has 0 aromatic heterocycles. The molecule has 7 nitrogen and oxygen atoms in total. The summed E-state index contributed by atoms with van der Waals surface area (Å²) in [5.74, 6) is -1.58. The molecule has 0 aliphatic rings. The van der Waals surface area contributed by atoms with Crippen LogP contribution in [0, 0.1) is 0 Å². The maximum absolute atomic E-state index is 14.4. The molecule has 226 valence electrons. The molecule has 0 atom stereocenters. The zero-order chi connectivity index (χ0) is 32.1. The second-order valence-electron chi connectivity index (χ2n) is 10.2. The van der Waals surface area contributed by atoms with E-state index in [1.54, 1.807) is 152 Å². The van der Waals surface area contributed by atoms with Crippen molar-refractivity contribution in [2.24, 2.45) is 0 Å². The van der Waals surface area contributed by atoms with E-state index in [-0.39, 0.29) is 50.4 Å². The highest BCUT2D eigenvalue weighted by molar-refractivity contribution is 7.86. The SMILES string of the molecule is O=C(Oc1ccccc1)c1c(-c2ccccc2)c(C(=O)Oc2ccccc2)c(-c2ccccc2)c(S(=O)(=O)[O-])c1-c1ccccc1. The summed E-state index contributed by atoms with van der Waals surface area (Å²) in [5, 5.41) is 0. The third kappa shape index (κ3) is 6.21. The normalized spacial score (nSPS) is 11.1. The van der Waals surface area contributed by atoms with Gasteiger partial charge in [0.2, 0.25) is 0 Å². The Labute approximate surface area is 266 Å². The molecule has 6 aromatic rings. The third-order valence-corrected chi connectivity index (χ3v) is 8.12. The van der Waals surface area contributed by atoms with Crippen molar-refractivity contribution in [3.8, 4) is 44.9 Å². The summed E-state index contributed by atoms with van der Waals surface area (Å²) in [6.45, 7) is 0. The van der Waals surface area contributed by atoms with Gasteiger partial charge in [0.25, 0.3) is 0 Å². The van der Waals surface area contributed by atoms with Gasteiger partial charge in [0.15, 0.2) is 0 Å². The van der Waals surface area contributed by atoms with Crippen LogP contribution in [0.15, 0.2) is 157 Å². The largest absolute Gasteiger partial charge is 0.744 e. The minimum absolute atomic E-state index is 0.0487. The number of hydrogen-bond acceptors (Lipinski definition) is 7. The van der Waals surface area contributed by atoms with Gasteiger partial charge in [-0.25, -0.2) is 18.0 Å². The molecule has 8 heteroatoms. The zero-order valence-corrected chi connectivity index (χ0v) is 25.0. The summed E-state index contributed by atoms with van der Waals surface area (Å²) < 4.78 is 52.0. The predicted octanol–water partition coefficient (Wildman–Crippen LogP) is 8.03. The van der Waals surface area contributed by atoms with Crippen molar-refractivity contribution in [3.63, 3.8) is 0 Å². The Morgan fingerprint density at radius 3 is 1.02 bits per heavy atom. The van der Waals surface area contributed by atoms with Gasteiger partial charge < -0.3 is 14.0 Å². The number of rotatable bonds is 8. The molecule has 0 amide bonds. The van der Waals surface area contributed by atoms with Gasteiger partial charge in [-0.3, -0.25) is 0 Å². The first-order chi connectivity index (χ1) is 22.3. The van der Waals surface area contributed by atoms with E-state index >= 15 is 0 Å². The summed E-state index contributed by atoms with van der Waals surface area (Å²) in [4.78, 5) is 28.0. The Balaban J connectivity index is 1.83. The Morgan fingerprint density at radius 2 is 0.717 bits per heavy atom. The van der Waals surface area contributed by atoms with Crippen LogP contribution in [0.3, 0.4) is 0 Å². The van der Waals surface area contributed by atoms with E-state index in [1.807, 2.05) is 0 Å². The average Bonchev–Trinajstić information content (AvgIpc) is 3.08. The summed E-state index contributed by atoms with van der Waals surface area (Å²) >= 11 is 0. The Hall–Kier alpha value is -5.83. The molecule has 0 aliphatic heterocycles. The molecule has 6 rings (SSSR count). The van der Waals surface area contributed by atoms with Crippen LogP contribution in [0.1, 0.15) is 20.7 Å². The average molecular weight is 626 g/mol. The minimum atomic E-state index is -5.38. The van der Waals surface area contributed by atoms with Gasteiger partial charge in [0.1, 0.15) is 21.6 Å². The molecular weight excluding hydrogens is 600 g/mol. The van der Waals surface area contributed by atoms with Gasteiger partial charge in [0, 0.05) is 16.7 Å². The molecule has 0 aliphatic carbocycles. The Kier molecular flexibility index (Phi) is 8.56. The fraction of sp³-hybridized carbons (Fsp3) is 0. The first-order valence-electron chi connectivity index (χ1n) is 14.2. The van der Waals surface area contributed by atoms with Crippen molar-refractivity contribution in [2.45, 2.75) is 4.90 Å². The molecule has 46 heavy (non-hydrogen) atoms. The molecule has 0 saturated heterocycles. The number of esters is 2. The molecule has 0 heterocycles. The Bertz CT molecular complexity index is 2000. The number of carbonyl (C=O) groups excluding carboxylic acids is 2. The maximum atomic E-state index is 14.4. The highest BCUT2D eigenvalue weighted by Gasteiger charge is 2.36. The highest BCUT2D eigenvalue weighted by atomic mass is 32.2. The third-order valence-electron chi connectivity index (χ3n) is 7.21. The molecule has 0 N–H and O–H groups in total. The van der Waals surface area contributed by atoms with Gasteiger partial charge in [-0.1, -0.05) is 127 Å². The highest BCUT2D eigenvalue weighted by Crippen LogP contribution is 2.47. The van der Waals surface area contributed by atoms with Gasteiger partial charge in [-0.05, 0) is 41.0 Å². The van der Waals surface area contributed by atoms with Crippen LogP contribution >= 0.6 is 0 Å². The Morgan fingerprint density at radius 1 is 0.435 bits per heavy atom. The number of ether oxygens (including phenoxy) is 2. The second kappa shape index (κ2) is 13.0. The van der Waals surface area contributed by atoms with Gasteiger partial charge >= 0.3 is 11.9 Å². The summed E-state index contributed by atoms with van der Waals surface area (Å²) in [6, 6.07) is 41.5. The zero-order valence-electron chi connectivity index (χ0n) is 24.2. The lowest BCUT2D eigenvalue weighted by atomic mass is 9.83. The van der Waals surface area contributed by atoms with Gasteiger partial charge in [-0.15, -0.1) is 0 Å². The summed E-state index contributed by atoms with van der Waals surface area (Å²) in [6.07, 6.45) is 0. The monoisotopic (exact) mass is 625 g/mol. The van der Waals surface area contributed by atoms with Crippen LogP contribution in [0.25, 0.3) is 33.4 Å². The van der Waals surface area contributed by atoms with Crippen molar-refractivity contribution >= 4 is 22.1 Å². The van der Waals surface area contributed by atoms with E-state index in [2.05, 4.69) is 0 Å². The van der Waals surface area contributed by atoms with Crippen LogP contribution in [-0.2, 0) is 10.1 Å². The van der Waals surface area contributed by atoms with Crippen molar-refractivity contribution < 1.29 is 32.0 Å². The molecular formula is C38H25O7S-. The molecule has 0 saturated carbocycles. The van der Waals surface area contributed by atoms with E-state index in [9.17, 15) is 22.6 Å². The van der Waals surface area contributed by atoms with Crippen LogP contribution in [-0.4, -0.2) is 24.9 Å². The van der Waals surface area contributed by atoms with E-state index in [4.69, 9.17) is 9.47 Å². The molecule has 0 bridgehead atoms. The number of para-hydroxylation sites is 2. The van der Waals surface area contributed by atoms with Crippen molar-refractivity contribution in [1.82, 2.24) is 0 Å². The molecule has 6 aromatic carbocycles. The van der Waals surface area contributed by atoms with Crippen LogP contribution in [0.5, 0.6) is 11.5 Å². The molecule has 0 radical (unpaired) electrons. The van der Waals surface area contributed by atoms with E-state index in [1.165, 1.54) is 0 Å². The first kappa shape index (κ1) is 30.2. The summed E-state index contributed by atoms with van der Waals surface area (Å²) in [5.41, 5.74) is 0.0181. The molecule has 0 spiro atoms. The van der Waals surface area contributed by atoms with Crippen molar-refractivity contribution in [1.29, 1.82) is 0 Å². The standard InChI is InChI=1S/C38H26O7S/c39-37(44-29-22-12-4-13-23-29)34-31(26-16-6-1-7-17-26)35(38(40)45-30-24-14-5-15-25-30)33(28-20-10-3-11-21-28)36(46(41,42)43)32(34)27-18-8-2-9-19-27/h1-25H,(H,41,42,43)/p-1. The lowest BCUT2D eigenvalue weighted by Crippen LogP contribution is -2.21. The minimum Gasteiger partial charge on any atom is -0.744 e. The maximum Gasteiger partial charge on any atom is 0.344 e. The molecule has 0 fully saturated rings.